The molecule has 4 atom stereocenters. The van der Waals surface area contributed by atoms with E-state index in [0.717, 1.165) is 24.5 Å². The molecule has 194 valence electrons. The molecule has 2 amide bonds. The van der Waals surface area contributed by atoms with Crippen molar-refractivity contribution in [2.24, 2.45) is 5.92 Å². The summed E-state index contributed by atoms with van der Waals surface area (Å²) in [6, 6.07) is 12.0. The molecule has 1 heterocycles. The monoisotopic (exact) mass is 497 g/mol. The SMILES string of the molecule is CC(=O)NC(C)c1ccccc1C1CCN(C(=O)C2CC(N(C)C)CC2c2ccc(F)cc2F)CC1. The van der Waals surface area contributed by atoms with Crippen molar-refractivity contribution in [1.82, 2.24) is 15.1 Å². The van der Waals surface area contributed by atoms with Crippen LogP contribution in [0.1, 0.15) is 74.1 Å². The summed E-state index contributed by atoms with van der Waals surface area (Å²) in [5.41, 5.74) is 2.79. The third kappa shape index (κ3) is 5.61. The zero-order chi connectivity index (χ0) is 26.0. The molecule has 1 saturated heterocycles. The summed E-state index contributed by atoms with van der Waals surface area (Å²) in [7, 11) is 3.97. The van der Waals surface area contributed by atoms with Crippen LogP contribution in [0.25, 0.3) is 0 Å². The van der Waals surface area contributed by atoms with Crippen LogP contribution in [-0.2, 0) is 9.59 Å². The Morgan fingerprint density at radius 3 is 2.36 bits per heavy atom. The normalized spacial score (nSPS) is 23.6. The van der Waals surface area contributed by atoms with Gasteiger partial charge in [-0.05, 0) is 81.3 Å². The predicted octanol–water partition coefficient (Wildman–Crippen LogP) is 4.99. The highest BCUT2D eigenvalue weighted by Crippen LogP contribution is 2.44. The molecule has 1 aliphatic carbocycles. The van der Waals surface area contributed by atoms with Crippen molar-refractivity contribution in [1.29, 1.82) is 0 Å². The van der Waals surface area contributed by atoms with Gasteiger partial charge in [0.2, 0.25) is 11.8 Å². The highest BCUT2D eigenvalue weighted by molar-refractivity contribution is 5.80. The summed E-state index contributed by atoms with van der Waals surface area (Å²) in [4.78, 5) is 29.4. The average molecular weight is 498 g/mol. The molecule has 2 fully saturated rings. The fourth-order valence-electron chi connectivity index (χ4n) is 6.16. The van der Waals surface area contributed by atoms with Gasteiger partial charge in [-0.3, -0.25) is 9.59 Å². The highest BCUT2D eigenvalue weighted by Gasteiger charge is 2.43. The smallest absolute Gasteiger partial charge is 0.226 e. The number of halogens is 2. The lowest BCUT2D eigenvalue weighted by Gasteiger charge is -2.36. The van der Waals surface area contributed by atoms with Gasteiger partial charge in [-0.1, -0.05) is 30.3 Å². The molecular formula is C29H37F2N3O2. The van der Waals surface area contributed by atoms with Gasteiger partial charge in [-0.2, -0.15) is 0 Å². The fourth-order valence-corrected chi connectivity index (χ4v) is 6.16. The van der Waals surface area contributed by atoms with Gasteiger partial charge in [0.1, 0.15) is 11.6 Å². The molecular weight excluding hydrogens is 460 g/mol. The molecule has 4 rings (SSSR count). The molecule has 0 bridgehead atoms. The predicted molar refractivity (Wildman–Crippen MR) is 137 cm³/mol. The minimum absolute atomic E-state index is 0.0579. The maximum atomic E-state index is 14.7. The Kier molecular flexibility index (Phi) is 8.08. The molecule has 0 spiro atoms. The summed E-state index contributed by atoms with van der Waals surface area (Å²) < 4.78 is 28.3. The van der Waals surface area contributed by atoms with Crippen molar-refractivity contribution >= 4 is 11.8 Å². The molecule has 1 N–H and O–H groups in total. The fraction of sp³-hybridized carbons (Fsp3) is 0.517. The molecule has 2 aromatic carbocycles. The largest absolute Gasteiger partial charge is 0.350 e. The van der Waals surface area contributed by atoms with Gasteiger partial charge >= 0.3 is 0 Å². The topological polar surface area (TPSA) is 52.7 Å². The number of rotatable bonds is 6. The average Bonchev–Trinajstić information content (AvgIpc) is 3.29. The lowest BCUT2D eigenvalue weighted by molar-refractivity contribution is -0.137. The molecule has 0 aromatic heterocycles. The molecule has 0 radical (unpaired) electrons. The Balaban J connectivity index is 1.48. The second kappa shape index (κ2) is 11.1. The standard InChI is InChI=1S/C29H37F2N3O2/c1-18(32-19(2)35)23-7-5-6-8-24(23)20-11-13-34(14-12-20)29(36)27-17-22(33(3)4)16-26(27)25-10-9-21(30)15-28(25)31/h5-10,15,18,20,22,26-27H,11-14,16-17H2,1-4H3,(H,32,35). The van der Waals surface area contributed by atoms with Crippen LogP contribution in [0.5, 0.6) is 0 Å². The number of hydrogen-bond donors (Lipinski definition) is 1. The van der Waals surface area contributed by atoms with E-state index >= 15 is 0 Å². The van der Waals surface area contributed by atoms with Gasteiger partial charge in [0.15, 0.2) is 0 Å². The van der Waals surface area contributed by atoms with Gasteiger partial charge in [0.25, 0.3) is 0 Å². The first-order valence-corrected chi connectivity index (χ1v) is 12.9. The van der Waals surface area contributed by atoms with E-state index in [4.69, 9.17) is 0 Å². The second-order valence-corrected chi connectivity index (χ2v) is 10.6. The van der Waals surface area contributed by atoms with Crippen LogP contribution in [0, 0.1) is 17.6 Å². The van der Waals surface area contributed by atoms with Gasteiger partial charge in [-0.15, -0.1) is 0 Å². The van der Waals surface area contributed by atoms with Gasteiger partial charge in [-0.25, -0.2) is 8.78 Å². The number of amides is 2. The van der Waals surface area contributed by atoms with E-state index in [2.05, 4.69) is 22.3 Å². The summed E-state index contributed by atoms with van der Waals surface area (Å²) in [5, 5.41) is 2.98. The summed E-state index contributed by atoms with van der Waals surface area (Å²) in [5.74, 6) is -1.42. The first kappa shape index (κ1) is 26.3. The van der Waals surface area contributed by atoms with E-state index in [-0.39, 0.29) is 35.7 Å². The quantitative estimate of drug-likeness (QED) is 0.612. The number of benzene rings is 2. The van der Waals surface area contributed by atoms with Gasteiger partial charge < -0.3 is 15.1 Å². The zero-order valence-corrected chi connectivity index (χ0v) is 21.6. The minimum atomic E-state index is -0.601. The van der Waals surface area contributed by atoms with Crippen LogP contribution in [0.15, 0.2) is 42.5 Å². The minimum Gasteiger partial charge on any atom is -0.350 e. The zero-order valence-electron chi connectivity index (χ0n) is 21.6. The summed E-state index contributed by atoms with van der Waals surface area (Å²) in [6.07, 6.45) is 3.03. The van der Waals surface area contributed by atoms with Crippen LogP contribution in [0.3, 0.4) is 0 Å². The van der Waals surface area contributed by atoms with Crippen LogP contribution in [0.2, 0.25) is 0 Å². The number of carbonyl (C=O) groups excluding carboxylic acids is 2. The molecule has 1 aliphatic heterocycles. The lowest BCUT2D eigenvalue weighted by atomic mass is 9.83. The van der Waals surface area contributed by atoms with E-state index in [0.29, 0.717) is 37.4 Å². The maximum Gasteiger partial charge on any atom is 0.226 e. The Morgan fingerprint density at radius 1 is 1.03 bits per heavy atom. The molecule has 7 heteroatoms. The van der Waals surface area contributed by atoms with Crippen LogP contribution in [0.4, 0.5) is 8.78 Å². The van der Waals surface area contributed by atoms with E-state index in [9.17, 15) is 18.4 Å². The van der Waals surface area contributed by atoms with E-state index in [1.165, 1.54) is 24.6 Å². The molecule has 2 aromatic rings. The molecule has 5 nitrogen and oxygen atoms in total. The Bertz CT molecular complexity index is 1100. The van der Waals surface area contributed by atoms with Crippen LogP contribution >= 0.6 is 0 Å². The van der Waals surface area contributed by atoms with Crippen molar-refractivity contribution < 1.29 is 18.4 Å². The third-order valence-electron chi connectivity index (χ3n) is 8.08. The number of hydrogen-bond acceptors (Lipinski definition) is 3. The number of piperidine rings is 1. The molecule has 36 heavy (non-hydrogen) atoms. The Hall–Kier alpha value is -2.80. The second-order valence-electron chi connectivity index (χ2n) is 10.6. The lowest BCUT2D eigenvalue weighted by Crippen LogP contribution is -2.42. The first-order chi connectivity index (χ1) is 17.2. The maximum absolute atomic E-state index is 14.7. The van der Waals surface area contributed by atoms with E-state index in [1.54, 1.807) is 0 Å². The van der Waals surface area contributed by atoms with Gasteiger partial charge in [0, 0.05) is 38.0 Å². The van der Waals surface area contributed by atoms with Crippen molar-refractivity contribution in [2.75, 3.05) is 27.2 Å². The molecule has 4 unspecified atom stereocenters. The van der Waals surface area contributed by atoms with E-state index < -0.39 is 11.6 Å². The Morgan fingerprint density at radius 2 is 1.72 bits per heavy atom. The third-order valence-corrected chi connectivity index (χ3v) is 8.08. The molecule has 1 saturated carbocycles. The number of nitrogens with one attached hydrogen (secondary N) is 1. The number of carbonyl (C=O) groups is 2. The summed E-state index contributed by atoms with van der Waals surface area (Å²) >= 11 is 0. The summed E-state index contributed by atoms with van der Waals surface area (Å²) in [6.45, 7) is 4.81. The Labute approximate surface area is 212 Å². The van der Waals surface area contributed by atoms with Crippen molar-refractivity contribution in [2.45, 2.75) is 63.5 Å². The van der Waals surface area contributed by atoms with Gasteiger partial charge in [0.05, 0.1) is 6.04 Å². The van der Waals surface area contributed by atoms with Crippen LogP contribution in [-0.4, -0.2) is 54.8 Å². The van der Waals surface area contributed by atoms with Crippen LogP contribution < -0.4 is 5.32 Å². The highest BCUT2D eigenvalue weighted by atomic mass is 19.1. The number of likely N-dealkylation sites (tertiary alicyclic amines) is 1. The van der Waals surface area contributed by atoms with Crippen molar-refractivity contribution in [3.8, 4) is 0 Å². The number of nitrogens with zero attached hydrogens (tertiary/aromatic N) is 2. The first-order valence-electron chi connectivity index (χ1n) is 12.9. The molecule has 2 aliphatic rings. The van der Waals surface area contributed by atoms with Crippen molar-refractivity contribution in [3.05, 3.63) is 70.8 Å². The van der Waals surface area contributed by atoms with E-state index in [1.807, 2.05) is 38.1 Å². The van der Waals surface area contributed by atoms with Crippen molar-refractivity contribution in [3.63, 3.8) is 0 Å².